The summed E-state index contributed by atoms with van der Waals surface area (Å²) in [4.78, 5) is 13.2. The van der Waals surface area contributed by atoms with E-state index in [4.69, 9.17) is 0 Å². The fourth-order valence-electron chi connectivity index (χ4n) is 8.29. The summed E-state index contributed by atoms with van der Waals surface area (Å²) in [5.74, 6) is -0.264. The third-order valence-electron chi connectivity index (χ3n) is 10.5. The minimum Gasteiger partial charge on any atom is -0.393 e. The molecule has 4 aliphatic rings. The van der Waals surface area contributed by atoms with Gasteiger partial charge < -0.3 is 25.5 Å². The monoisotopic (exact) mass is 464 g/mol. The molecule has 1 unspecified atom stereocenters. The average molecular weight is 465 g/mol. The van der Waals surface area contributed by atoms with Crippen LogP contribution < -0.4 is 0 Å². The summed E-state index contributed by atoms with van der Waals surface area (Å²) in [6.07, 6.45) is 4.06. The Bertz CT molecular complexity index is 816. The molecule has 0 aliphatic heterocycles. The van der Waals surface area contributed by atoms with Crippen molar-refractivity contribution >= 4 is 5.78 Å². The van der Waals surface area contributed by atoms with E-state index in [2.05, 4.69) is 20.8 Å². The second-order valence-electron chi connectivity index (χ2n) is 12.9. The van der Waals surface area contributed by atoms with E-state index in [-0.39, 0.29) is 35.9 Å². The molecule has 0 amide bonds. The van der Waals surface area contributed by atoms with Crippen molar-refractivity contribution in [2.45, 2.75) is 115 Å². The van der Waals surface area contributed by atoms with Crippen LogP contribution in [-0.4, -0.2) is 60.8 Å². The van der Waals surface area contributed by atoms with Crippen molar-refractivity contribution in [1.82, 2.24) is 0 Å². The van der Waals surface area contributed by atoms with Crippen LogP contribution in [0, 0.1) is 34.5 Å². The van der Waals surface area contributed by atoms with Crippen molar-refractivity contribution in [2.24, 2.45) is 34.5 Å². The maximum Gasteiger partial charge on any atom is 0.159 e. The van der Waals surface area contributed by atoms with Gasteiger partial charge in [0.2, 0.25) is 0 Å². The zero-order chi connectivity index (χ0) is 24.6. The topological polar surface area (TPSA) is 118 Å². The molecule has 33 heavy (non-hydrogen) atoms. The Hall–Kier alpha value is -0.790. The van der Waals surface area contributed by atoms with Crippen LogP contribution in [0.4, 0.5) is 0 Å². The first-order valence-electron chi connectivity index (χ1n) is 12.9. The Labute approximate surface area is 198 Å². The van der Waals surface area contributed by atoms with Gasteiger partial charge in [-0.15, -0.1) is 0 Å². The summed E-state index contributed by atoms with van der Waals surface area (Å²) in [6.45, 7) is 9.74. The maximum absolute atomic E-state index is 13.2. The van der Waals surface area contributed by atoms with Crippen LogP contribution in [-0.2, 0) is 4.79 Å². The minimum atomic E-state index is -1.10. The fraction of sp³-hybridized carbons (Fsp3) is 0.889. The van der Waals surface area contributed by atoms with Gasteiger partial charge >= 0.3 is 0 Å². The molecule has 4 rings (SSSR count). The van der Waals surface area contributed by atoms with Crippen LogP contribution in [0.2, 0.25) is 0 Å². The number of aliphatic hydroxyl groups is 5. The van der Waals surface area contributed by atoms with Crippen LogP contribution in [0.5, 0.6) is 0 Å². The van der Waals surface area contributed by atoms with Crippen molar-refractivity contribution in [3.63, 3.8) is 0 Å². The van der Waals surface area contributed by atoms with Crippen molar-refractivity contribution in [1.29, 1.82) is 0 Å². The standard InChI is InChI=1S/C27H44O6/c1-15(20(28)8-9-24(2,3)32)16-7-11-27(33)18-12-21(29)19-13-22(30)23(31)14-25(19,4)17(18)6-10-26(16,27)5/h12,15-17,19-20,22-23,28,30-33H,6-11,13-14H2,1-5H3/t15-,16?,17-,19-,20+,22+,23-,25+,26+,27+/m0/s1. The van der Waals surface area contributed by atoms with Crippen molar-refractivity contribution in [3.8, 4) is 0 Å². The van der Waals surface area contributed by atoms with Gasteiger partial charge in [0, 0.05) is 11.3 Å². The van der Waals surface area contributed by atoms with E-state index >= 15 is 0 Å². The second-order valence-corrected chi connectivity index (χ2v) is 12.9. The minimum absolute atomic E-state index is 0.00888. The number of fused-ring (bicyclic) bond motifs is 5. The Kier molecular flexibility index (Phi) is 6.23. The third kappa shape index (κ3) is 3.85. The van der Waals surface area contributed by atoms with Crippen LogP contribution >= 0.6 is 0 Å². The first-order valence-corrected chi connectivity index (χ1v) is 12.9. The number of allylic oxidation sites excluding steroid dienone is 1. The van der Waals surface area contributed by atoms with E-state index in [1.165, 1.54) is 0 Å². The molecule has 6 nitrogen and oxygen atoms in total. The molecule has 4 aliphatic carbocycles. The highest BCUT2D eigenvalue weighted by Crippen LogP contribution is 2.68. The van der Waals surface area contributed by atoms with E-state index < -0.39 is 40.3 Å². The lowest BCUT2D eigenvalue weighted by molar-refractivity contribution is -0.154. The molecule has 0 spiro atoms. The van der Waals surface area contributed by atoms with Crippen LogP contribution in [0.1, 0.15) is 86.0 Å². The lowest BCUT2D eigenvalue weighted by Crippen LogP contribution is -2.61. The highest BCUT2D eigenvalue weighted by molar-refractivity contribution is 5.95. The molecule has 0 radical (unpaired) electrons. The first-order chi connectivity index (χ1) is 15.1. The number of carbonyl (C=O) groups is 1. The highest BCUT2D eigenvalue weighted by Gasteiger charge is 2.67. The van der Waals surface area contributed by atoms with Crippen LogP contribution in [0.25, 0.3) is 0 Å². The van der Waals surface area contributed by atoms with Gasteiger partial charge in [-0.1, -0.05) is 20.8 Å². The summed E-state index contributed by atoms with van der Waals surface area (Å²) in [5, 5.41) is 53.9. The van der Waals surface area contributed by atoms with Gasteiger partial charge in [0.05, 0.1) is 29.5 Å². The van der Waals surface area contributed by atoms with E-state index in [0.29, 0.717) is 25.7 Å². The van der Waals surface area contributed by atoms with Gasteiger partial charge in [0.25, 0.3) is 0 Å². The quantitative estimate of drug-likeness (QED) is 0.427. The first kappa shape index (κ1) is 25.3. The predicted molar refractivity (Wildman–Crippen MR) is 125 cm³/mol. The normalized spacial score (nSPS) is 47.3. The molecule has 6 heteroatoms. The van der Waals surface area contributed by atoms with Crippen LogP contribution in [0.3, 0.4) is 0 Å². The Morgan fingerprint density at radius 2 is 1.79 bits per heavy atom. The van der Waals surface area contributed by atoms with Crippen LogP contribution in [0.15, 0.2) is 11.6 Å². The van der Waals surface area contributed by atoms with Gasteiger partial charge in [0.15, 0.2) is 5.78 Å². The summed E-state index contributed by atoms with van der Waals surface area (Å²) >= 11 is 0. The van der Waals surface area contributed by atoms with E-state index in [1.54, 1.807) is 19.9 Å². The smallest absolute Gasteiger partial charge is 0.159 e. The molecular weight excluding hydrogens is 420 g/mol. The van der Waals surface area contributed by atoms with Gasteiger partial charge in [-0.3, -0.25) is 4.79 Å². The number of carbonyl (C=O) groups excluding carboxylic acids is 1. The number of aliphatic hydroxyl groups excluding tert-OH is 3. The summed E-state index contributed by atoms with van der Waals surface area (Å²) in [7, 11) is 0. The molecule has 3 saturated carbocycles. The fourth-order valence-corrected chi connectivity index (χ4v) is 8.29. The molecule has 3 fully saturated rings. The Balaban J connectivity index is 1.62. The van der Waals surface area contributed by atoms with Gasteiger partial charge in [-0.2, -0.15) is 0 Å². The summed E-state index contributed by atoms with van der Waals surface area (Å²) < 4.78 is 0. The molecule has 0 aromatic rings. The molecule has 0 aromatic carbocycles. The average Bonchev–Trinajstić information content (AvgIpc) is 2.99. The van der Waals surface area contributed by atoms with Gasteiger partial charge in [0.1, 0.15) is 0 Å². The number of hydrogen-bond donors (Lipinski definition) is 5. The number of hydrogen-bond acceptors (Lipinski definition) is 6. The molecule has 10 atom stereocenters. The molecule has 0 heterocycles. The molecule has 188 valence electrons. The van der Waals surface area contributed by atoms with E-state index in [0.717, 1.165) is 24.8 Å². The second kappa shape index (κ2) is 8.12. The Morgan fingerprint density at radius 1 is 1.12 bits per heavy atom. The van der Waals surface area contributed by atoms with Crippen molar-refractivity contribution in [2.75, 3.05) is 0 Å². The molecule has 0 saturated heterocycles. The molecule has 0 bridgehead atoms. The van der Waals surface area contributed by atoms with Crippen molar-refractivity contribution < 1.29 is 30.3 Å². The van der Waals surface area contributed by atoms with Gasteiger partial charge in [-0.05, 0) is 100 Å². The highest BCUT2D eigenvalue weighted by atomic mass is 16.3. The predicted octanol–water partition coefficient (Wildman–Crippen LogP) is 2.74. The van der Waals surface area contributed by atoms with E-state index in [9.17, 15) is 30.3 Å². The summed E-state index contributed by atoms with van der Waals surface area (Å²) in [6, 6.07) is 0. The maximum atomic E-state index is 13.2. The zero-order valence-electron chi connectivity index (χ0n) is 20.9. The lowest BCUT2D eigenvalue weighted by Gasteiger charge is -2.60. The summed E-state index contributed by atoms with van der Waals surface area (Å²) in [5.41, 5.74) is -2.01. The van der Waals surface area contributed by atoms with E-state index in [1.807, 2.05) is 0 Å². The largest absolute Gasteiger partial charge is 0.393 e. The lowest BCUT2D eigenvalue weighted by atomic mass is 9.46. The van der Waals surface area contributed by atoms with Crippen molar-refractivity contribution in [3.05, 3.63) is 11.6 Å². The molecule has 0 aromatic heterocycles. The number of rotatable bonds is 5. The third-order valence-corrected chi connectivity index (χ3v) is 10.5. The Morgan fingerprint density at radius 3 is 2.42 bits per heavy atom. The molecular formula is C27H44O6. The van der Waals surface area contributed by atoms with Gasteiger partial charge in [-0.25, -0.2) is 0 Å². The zero-order valence-corrected chi connectivity index (χ0v) is 20.9. The number of ketones is 1. The SMILES string of the molecule is C[C@@H](C1CC[C@@]2(O)C3=CC(=O)[C@@H]4C[C@@H](O)[C@@H](O)C[C@]4(C)[C@H]3CC[C@]12C)[C@H](O)CCC(C)(C)O. The molecule has 5 N–H and O–H groups in total.